The largest absolute Gasteiger partial charge is 0.354 e. The molecule has 1 aromatic heterocycles. The van der Waals surface area contributed by atoms with Gasteiger partial charge in [0.2, 0.25) is 0 Å². The lowest BCUT2D eigenvalue weighted by Gasteiger charge is -2.20. The van der Waals surface area contributed by atoms with Crippen molar-refractivity contribution in [1.82, 2.24) is 9.88 Å². The summed E-state index contributed by atoms with van der Waals surface area (Å²) in [5.41, 5.74) is 5.87. The quantitative estimate of drug-likeness (QED) is 0.665. The molecule has 0 aliphatic carbocycles. The van der Waals surface area contributed by atoms with E-state index in [1.54, 1.807) is 17.2 Å². The van der Waals surface area contributed by atoms with Crippen LogP contribution in [0.3, 0.4) is 0 Å². The van der Waals surface area contributed by atoms with Crippen LogP contribution in [0.15, 0.2) is 66.9 Å². The third-order valence-electron chi connectivity index (χ3n) is 4.62. The molecule has 3 aromatic rings. The fourth-order valence-electron chi connectivity index (χ4n) is 3.04. The lowest BCUT2D eigenvalue weighted by Crippen LogP contribution is -2.30. The standard InChI is InChI=1S/C23H25N3O/c1-4-26(16-19-11-6-5-7-12-19)23(27)21-14-13-20(15-24-21)25-22-17(2)9-8-10-18(22)3/h5-15,25H,4,16H2,1-3H3. The predicted octanol–water partition coefficient (Wildman–Crippen LogP) is 5.10. The Morgan fingerprint density at radius 3 is 2.26 bits per heavy atom. The fourth-order valence-corrected chi connectivity index (χ4v) is 3.04. The number of pyridine rings is 1. The molecule has 1 N–H and O–H groups in total. The van der Waals surface area contributed by atoms with Crippen molar-refractivity contribution in [1.29, 1.82) is 0 Å². The molecule has 27 heavy (non-hydrogen) atoms. The smallest absolute Gasteiger partial charge is 0.272 e. The molecule has 0 saturated heterocycles. The maximum atomic E-state index is 12.8. The van der Waals surface area contributed by atoms with Crippen molar-refractivity contribution in [2.75, 3.05) is 11.9 Å². The van der Waals surface area contributed by atoms with Gasteiger partial charge in [-0.2, -0.15) is 0 Å². The highest BCUT2D eigenvalue weighted by Gasteiger charge is 2.16. The second-order valence-corrected chi connectivity index (χ2v) is 6.63. The minimum Gasteiger partial charge on any atom is -0.354 e. The molecular formula is C23H25N3O. The minimum absolute atomic E-state index is 0.0556. The zero-order valence-electron chi connectivity index (χ0n) is 16.1. The second kappa shape index (κ2) is 8.49. The van der Waals surface area contributed by atoms with Gasteiger partial charge in [0, 0.05) is 18.8 Å². The van der Waals surface area contributed by atoms with Crippen LogP contribution in [0, 0.1) is 13.8 Å². The molecule has 0 aliphatic rings. The number of hydrogen-bond acceptors (Lipinski definition) is 3. The number of aryl methyl sites for hydroxylation is 2. The van der Waals surface area contributed by atoms with Gasteiger partial charge in [0.15, 0.2) is 0 Å². The number of anilines is 2. The first-order valence-electron chi connectivity index (χ1n) is 9.21. The van der Waals surface area contributed by atoms with Gasteiger partial charge < -0.3 is 10.2 Å². The van der Waals surface area contributed by atoms with Crippen LogP contribution in [0.1, 0.15) is 34.1 Å². The number of carbonyl (C=O) groups excluding carboxylic acids is 1. The number of nitrogens with zero attached hydrogens (tertiary/aromatic N) is 2. The first-order valence-corrected chi connectivity index (χ1v) is 9.21. The molecule has 0 bridgehead atoms. The van der Waals surface area contributed by atoms with E-state index >= 15 is 0 Å². The van der Waals surface area contributed by atoms with E-state index in [4.69, 9.17) is 0 Å². The van der Waals surface area contributed by atoms with Gasteiger partial charge in [-0.3, -0.25) is 4.79 Å². The normalized spacial score (nSPS) is 10.5. The molecule has 0 atom stereocenters. The van der Waals surface area contributed by atoms with Gasteiger partial charge in [-0.15, -0.1) is 0 Å². The van der Waals surface area contributed by atoms with E-state index in [0.29, 0.717) is 18.8 Å². The van der Waals surface area contributed by atoms with E-state index in [2.05, 4.69) is 36.3 Å². The Kier molecular flexibility index (Phi) is 5.87. The van der Waals surface area contributed by atoms with Crippen molar-refractivity contribution in [3.8, 4) is 0 Å². The van der Waals surface area contributed by atoms with Crippen molar-refractivity contribution in [2.24, 2.45) is 0 Å². The summed E-state index contributed by atoms with van der Waals surface area (Å²) in [6, 6.07) is 19.9. The number of rotatable bonds is 6. The van der Waals surface area contributed by atoms with Gasteiger partial charge in [0.25, 0.3) is 5.91 Å². The first-order chi connectivity index (χ1) is 13.1. The Labute approximate surface area is 160 Å². The first kappa shape index (κ1) is 18.6. The van der Waals surface area contributed by atoms with Crippen LogP contribution in [0.2, 0.25) is 0 Å². The highest BCUT2D eigenvalue weighted by Crippen LogP contribution is 2.24. The summed E-state index contributed by atoms with van der Waals surface area (Å²) in [6.07, 6.45) is 1.72. The lowest BCUT2D eigenvalue weighted by molar-refractivity contribution is 0.0746. The highest BCUT2D eigenvalue weighted by molar-refractivity contribution is 5.92. The number of aromatic nitrogens is 1. The summed E-state index contributed by atoms with van der Waals surface area (Å²) in [5, 5.41) is 3.40. The second-order valence-electron chi connectivity index (χ2n) is 6.63. The number of hydrogen-bond donors (Lipinski definition) is 1. The number of benzene rings is 2. The summed E-state index contributed by atoms with van der Waals surface area (Å²) in [6.45, 7) is 7.35. The van der Waals surface area contributed by atoms with Crippen LogP contribution in [0.25, 0.3) is 0 Å². The van der Waals surface area contributed by atoms with E-state index in [0.717, 1.165) is 16.9 Å². The maximum Gasteiger partial charge on any atom is 0.272 e. The van der Waals surface area contributed by atoms with Gasteiger partial charge in [-0.1, -0.05) is 48.5 Å². The molecule has 0 spiro atoms. The molecule has 138 valence electrons. The molecule has 4 nitrogen and oxygen atoms in total. The summed E-state index contributed by atoms with van der Waals surface area (Å²) in [5.74, 6) is -0.0556. The van der Waals surface area contributed by atoms with Crippen molar-refractivity contribution in [3.63, 3.8) is 0 Å². The zero-order valence-corrected chi connectivity index (χ0v) is 16.1. The van der Waals surface area contributed by atoms with Crippen LogP contribution in [0.5, 0.6) is 0 Å². The van der Waals surface area contributed by atoms with E-state index < -0.39 is 0 Å². The Morgan fingerprint density at radius 1 is 0.963 bits per heavy atom. The summed E-state index contributed by atoms with van der Waals surface area (Å²) in [7, 11) is 0. The summed E-state index contributed by atoms with van der Waals surface area (Å²) in [4.78, 5) is 19.0. The van der Waals surface area contributed by atoms with Crippen LogP contribution >= 0.6 is 0 Å². The lowest BCUT2D eigenvalue weighted by atomic mass is 10.1. The van der Waals surface area contributed by atoms with Crippen molar-refractivity contribution >= 4 is 17.3 Å². The molecule has 0 aliphatic heterocycles. The number of nitrogens with one attached hydrogen (secondary N) is 1. The molecule has 2 aromatic carbocycles. The van der Waals surface area contributed by atoms with Gasteiger partial charge in [-0.05, 0) is 49.6 Å². The Hall–Kier alpha value is -3.14. The van der Waals surface area contributed by atoms with E-state index in [9.17, 15) is 4.79 Å². The molecule has 4 heteroatoms. The molecule has 1 amide bonds. The Balaban J connectivity index is 1.73. The molecule has 0 unspecified atom stereocenters. The Morgan fingerprint density at radius 2 is 1.67 bits per heavy atom. The Bertz CT molecular complexity index is 884. The zero-order chi connectivity index (χ0) is 19.2. The average molecular weight is 359 g/mol. The van der Waals surface area contributed by atoms with E-state index in [-0.39, 0.29) is 5.91 Å². The number of carbonyl (C=O) groups is 1. The van der Waals surface area contributed by atoms with Crippen molar-refractivity contribution in [3.05, 3.63) is 89.2 Å². The van der Waals surface area contributed by atoms with Gasteiger partial charge >= 0.3 is 0 Å². The monoisotopic (exact) mass is 359 g/mol. The number of para-hydroxylation sites is 1. The molecule has 0 saturated carbocycles. The molecule has 0 fully saturated rings. The average Bonchev–Trinajstić information content (AvgIpc) is 2.70. The van der Waals surface area contributed by atoms with Crippen molar-refractivity contribution in [2.45, 2.75) is 27.3 Å². The maximum absolute atomic E-state index is 12.8. The van der Waals surface area contributed by atoms with Gasteiger partial charge in [0.1, 0.15) is 5.69 Å². The summed E-state index contributed by atoms with van der Waals surface area (Å²) >= 11 is 0. The summed E-state index contributed by atoms with van der Waals surface area (Å²) < 4.78 is 0. The van der Waals surface area contributed by atoms with Gasteiger partial charge in [-0.25, -0.2) is 4.98 Å². The van der Waals surface area contributed by atoms with Crippen LogP contribution in [-0.2, 0) is 6.54 Å². The van der Waals surface area contributed by atoms with E-state index in [1.807, 2.05) is 49.4 Å². The molecule has 3 rings (SSSR count). The van der Waals surface area contributed by atoms with Crippen LogP contribution in [-0.4, -0.2) is 22.3 Å². The topological polar surface area (TPSA) is 45.2 Å². The third kappa shape index (κ3) is 4.53. The van der Waals surface area contributed by atoms with Crippen molar-refractivity contribution < 1.29 is 4.79 Å². The fraction of sp³-hybridized carbons (Fsp3) is 0.217. The predicted molar refractivity (Wildman–Crippen MR) is 110 cm³/mol. The highest BCUT2D eigenvalue weighted by atomic mass is 16.2. The molecular weight excluding hydrogens is 334 g/mol. The van der Waals surface area contributed by atoms with Crippen LogP contribution in [0.4, 0.5) is 11.4 Å². The molecule has 1 heterocycles. The van der Waals surface area contributed by atoms with Gasteiger partial charge in [0.05, 0.1) is 11.9 Å². The third-order valence-corrected chi connectivity index (χ3v) is 4.62. The van der Waals surface area contributed by atoms with Crippen LogP contribution < -0.4 is 5.32 Å². The van der Waals surface area contributed by atoms with E-state index in [1.165, 1.54) is 11.1 Å². The number of amides is 1. The SMILES string of the molecule is CCN(Cc1ccccc1)C(=O)c1ccc(Nc2c(C)cccc2C)cn1. The minimum atomic E-state index is -0.0556. The molecule has 0 radical (unpaired) electrons.